The lowest BCUT2D eigenvalue weighted by Crippen LogP contribution is -2.41. The summed E-state index contributed by atoms with van der Waals surface area (Å²) >= 11 is 1.28. The fraction of sp³-hybridized carbons (Fsp3) is 0.333. The molecule has 0 bridgehead atoms. The number of carbonyl (C=O) groups is 2. The number of carboxylic acid groups (broad SMARTS) is 1. The van der Waals surface area contributed by atoms with Gasteiger partial charge in [-0.2, -0.15) is 0 Å². The maximum Gasteiger partial charge on any atom is 0.327 e. The van der Waals surface area contributed by atoms with E-state index in [9.17, 15) is 9.59 Å². The Labute approximate surface area is 115 Å². The van der Waals surface area contributed by atoms with E-state index in [0.29, 0.717) is 11.4 Å². The fourth-order valence-electron chi connectivity index (χ4n) is 1.40. The zero-order chi connectivity index (χ0) is 14.4. The Kier molecular flexibility index (Phi) is 5.50. The summed E-state index contributed by atoms with van der Waals surface area (Å²) in [4.78, 5) is 22.7. The first-order valence-electron chi connectivity index (χ1n) is 5.50. The molecule has 7 heteroatoms. The summed E-state index contributed by atoms with van der Waals surface area (Å²) in [6.07, 6.45) is 0. The van der Waals surface area contributed by atoms with E-state index in [-0.39, 0.29) is 11.7 Å². The summed E-state index contributed by atoms with van der Waals surface area (Å²) in [6, 6.07) is 4.19. The minimum absolute atomic E-state index is 0.204. The van der Waals surface area contributed by atoms with Gasteiger partial charge in [0, 0.05) is 29.3 Å². The van der Waals surface area contributed by atoms with Crippen LogP contribution in [0.5, 0.6) is 5.75 Å². The second-order valence-corrected chi connectivity index (χ2v) is 4.87. The molecular weight excluding hydrogens is 268 g/mol. The minimum Gasteiger partial charge on any atom is -0.496 e. The average Bonchev–Trinajstić information content (AvgIpc) is 2.34. The predicted octanol–water partition coefficient (Wildman–Crippen LogP) is 0.959. The molecule has 6 nitrogen and oxygen atoms in total. The van der Waals surface area contributed by atoms with Crippen LogP contribution in [0.15, 0.2) is 23.1 Å². The Morgan fingerprint density at radius 2 is 2.21 bits per heavy atom. The summed E-state index contributed by atoms with van der Waals surface area (Å²) in [5.74, 6) is -0.666. The molecule has 0 saturated heterocycles. The summed E-state index contributed by atoms with van der Waals surface area (Å²) < 4.78 is 5.16. The Morgan fingerprint density at radius 1 is 1.53 bits per heavy atom. The number of hydrogen-bond donors (Lipinski definition) is 3. The van der Waals surface area contributed by atoms with Crippen LogP contribution in [0.2, 0.25) is 0 Å². The van der Waals surface area contributed by atoms with Gasteiger partial charge in [0.25, 0.3) is 0 Å². The number of nitrogens with two attached hydrogens (primary N) is 1. The molecule has 0 aliphatic rings. The number of aliphatic carboxylic acids is 1. The molecule has 19 heavy (non-hydrogen) atoms. The van der Waals surface area contributed by atoms with Crippen LogP contribution in [0.1, 0.15) is 6.92 Å². The van der Waals surface area contributed by atoms with Crippen LogP contribution in [0, 0.1) is 0 Å². The van der Waals surface area contributed by atoms with Crippen molar-refractivity contribution in [1.82, 2.24) is 5.32 Å². The van der Waals surface area contributed by atoms with Crippen molar-refractivity contribution >= 4 is 29.3 Å². The number of carboxylic acids is 1. The molecular formula is C12H16N2O4S. The summed E-state index contributed by atoms with van der Waals surface area (Å²) in [7, 11) is 1.52. The number of hydrogen-bond acceptors (Lipinski definition) is 5. The van der Waals surface area contributed by atoms with E-state index >= 15 is 0 Å². The average molecular weight is 284 g/mol. The second kappa shape index (κ2) is 6.89. The van der Waals surface area contributed by atoms with Crippen molar-refractivity contribution in [3.8, 4) is 5.75 Å². The Bertz CT molecular complexity index is 479. The van der Waals surface area contributed by atoms with Gasteiger partial charge in [-0.1, -0.05) is 0 Å². The molecule has 104 valence electrons. The van der Waals surface area contributed by atoms with E-state index in [0.717, 1.165) is 4.90 Å². The van der Waals surface area contributed by atoms with Gasteiger partial charge in [0.05, 0.1) is 7.11 Å². The Balaban J connectivity index is 2.73. The summed E-state index contributed by atoms with van der Waals surface area (Å²) in [6.45, 7) is 1.28. The molecule has 0 aliphatic carbocycles. The summed E-state index contributed by atoms with van der Waals surface area (Å²) in [5, 5.41) is 11.4. The van der Waals surface area contributed by atoms with Crippen LogP contribution in [-0.2, 0) is 9.59 Å². The highest BCUT2D eigenvalue weighted by Crippen LogP contribution is 2.31. The highest BCUT2D eigenvalue weighted by Gasteiger charge is 2.19. The SMILES string of the molecule is COc1cc(N)ccc1SCC(NC(C)=O)C(=O)O. The van der Waals surface area contributed by atoms with Gasteiger partial charge >= 0.3 is 5.97 Å². The largest absolute Gasteiger partial charge is 0.496 e. The maximum absolute atomic E-state index is 11.0. The molecule has 1 atom stereocenters. The van der Waals surface area contributed by atoms with Crippen LogP contribution in [-0.4, -0.2) is 35.9 Å². The fourth-order valence-corrected chi connectivity index (χ4v) is 2.42. The van der Waals surface area contributed by atoms with Gasteiger partial charge in [0.1, 0.15) is 11.8 Å². The maximum atomic E-state index is 11.0. The zero-order valence-electron chi connectivity index (χ0n) is 10.7. The number of nitrogen functional groups attached to an aromatic ring is 1. The molecule has 1 aromatic carbocycles. The second-order valence-electron chi connectivity index (χ2n) is 3.81. The standard InChI is InChI=1S/C12H16N2O4S/c1-7(15)14-9(12(16)17)6-19-11-4-3-8(13)5-10(11)18-2/h3-5,9H,6,13H2,1-2H3,(H,14,15)(H,16,17). The third-order valence-corrected chi connectivity index (χ3v) is 3.42. The highest BCUT2D eigenvalue weighted by molar-refractivity contribution is 7.99. The number of rotatable bonds is 6. The normalized spacial score (nSPS) is 11.7. The number of ether oxygens (including phenoxy) is 1. The summed E-state index contributed by atoms with van der Waals surface area (Å²) in [5.41, 5.74) is 6.20. The predicted molar refractivity (Wildman–Crippen MR) is 73.4 cm³/mol. The number of nitrogens with one attached hydrogen (secondary N) is 1. The minimum atomic E-state index is -1.07. The van der Waals surface area contributed by atoms with E-state index in [1.165, 1.54) is 25.8 Å². The monoisotopic (exact) mass is 284 g/mol. The smallest absolute Gasteiger partial charge is 0.327 e. The molecule has 1 aromatic rings. The lowest BCUT2D eigenvalue weighted by Gasteiger charge is -2.14. The molecule has 1 unspecified atom stereocenters. The van der Waals surface area contributed by atoms with E-state index in [2.05, 4.69) is 5.32 Å². The highest BCUT2D eigenvalue weighted by atomic mass is 32.2. The lowest BCUT2D eigenvalue weighted by molar-refractivity contribution is -0.140. The van der Waals surface area contributed by atoms with Crippen molar-refractivity contribution in [3.05, 3.63) is 18.2 Å². The first-order chi connectivity index (χ1) is 8.93. The molecule has 0 heterocycles. The van der Waals surface area contributed by atoms with Gasteiger partial charge in [0.15, 0.2) is 0 Å². The first kappa shape index (κ1) is 15.2. The van der Waals surface area contributed by atoms with Crippen LogP contribution in [0.3, 0.4) is 0 Å². The quantitative estimate of drug-likeness (QED) is 0.531. The Hall–Kier alpha value is -1.89. The molecule has 0 saturated carbocycles. The van der Waals surface area contributed by atoms with E-state index in [1.807, 2.05) is 0 Å². The molecule has 1 amide bonds. The number of benzene rings is 1. The van der Waals surface area contributed by atoms with Crippen LogP contribution in [0.25, 0.3) is 0 Å². The van der Waals surface area contributed by atoms with Gasteiger partial charge in [-0.05, 0) is 12.1 Å². The lowest BCUT2D eigenvalue weighted by atomic mass is 10.3. The molecule has 0 aromatic heterocycles. The van der Waals surface area contributed by atoms with Crippen LogP contribution >= 0.6 is 11.8 Å². The third kappa shape index (κ3) is 4.70. The van der Waals surface area contributed by atoms with Crippen molar-refractivity contribution in [2.45, 2.75) is 17.9 Å². The molecule has 0 radical (unpaired) electrons. The number of carbonyl (C=O) groups excluding carboxylic acids is 1. The van der Waals surface area contributed by atoms with E-state index < -0.39 is 12.0 Å². The molecule has 0 spiro atoms. The van der Waals surface area contributed by atoms with Crippen molar-refractivity contribution < 1.29 is 19.4 Å². The van der Waals surface area contributed by atoms with Gasteiger partial charge in [-0.3, -0.25) is 4.79 Å². The van der Waals surface area contributed by atoms with Crippen LogP contribution < -0.4 is 15.8 Å². The van der Waals surface area contributed by atoms with Gasteiger partial charge in [0.2, 0.25) is 5.91 Å². The number of thioether (sulfide) groups is 1. The Morgan fingerprint density at radius 3 is 2.74 bits per heavy atom. The first-order valence-corrected chi connectivity index (χ1v) is 6.48. The number of methoxy groups -OCH3 is 1. The molecule has 1 rings (SSSR count). The van der Waals surface area contributed by atoms with Crippen molar-refractivity contribution in [1.29, 1.82) is 0 Å². The van der Waals surface area contributed by atoms with Gasteiger partial charge < -0.3 is 20.9 Å². The van der Waals surface area contributed by atoms with Gasteiger partial charge in [-0.15, -0.1) is 11.8 Å². The van der Waals surface area contributed by atoms with Gasteiger partial charge in [-0.25, -0.2) is 4.79 Å². The molecule has 0 fully saturated rings. The zero-order valence-corrected chi connectivity index (χ0v) is 11.5. The van der Waals surface area contributed by atoms with Crippen molar-refractivity contribution in [2.75, 3.05) is 18.6 Å². The molecule has 0 aliphatic heterocycles. The third-order valence-electron chi connectivity index (χ3n) is 2.27. The van der Waals surface area contributed by atoms with E-state index in [4.69, 9.17) is 15.6 Å². The van der Waals surface area contributed by atoms with Crippen molar-refractivity contribution in [3.63, 3.8) is 0 Å². The van der Waals surface area contributed by atoms with Crippen LogP contribution in [0.4, 0.5) is 5.69 Å². The van der Waals surface area contributed by atoms with E-state index in [1.54, 1.807) is 18.2 Å². The number of amides is 1. The van der Waals surface area contributed by atoms with Crippen molar-refractivity contribution in [2.24, 2.45) is 0 Å². The topological polar surface area (TPSA) is 102 Å². The molecule has 4 N–H and O–H groups in total. The number of anilines is 1.